The number of rotatable bonds is 3. The van der Waals surface area contributed by atoms with E-state index in [0.717, 1.165) is 10.9 Å². The maximum atomic E-state index is 12.6. The van der Waals surface area contributed by atoms with Crippen LogP contribution in [0.25, 0.3) is 10.9 Å². The second-order valence-electron chi connectivity index (χ2n) is 6.69. The number of aromatic nitrogens is 1. The van der Waals surface area contributed by atoms with Crippen molar-refractivity contribution in [3.05, 3.63) is 53.7 Å². The fraction of sp³-hybridized carbons (Fsp3) is 0.200. The van der Waals surface area contributed by atoms with Gasteiger partial charge in [-0.05, 0) is 41.8 Å². The second kappa shape index (κ2) is 6.22. The van der Waals surface area contributed by atoms with E-state index in [9.17, 15) is 9.59 Å². The number of hydrogen-bond donors (Lipinski definition) is 3. The molecule has 0 fully saturated rings. The van der Waals surface area contributed by atoms with Crippen molar-refractivity contribution in [2.24, 2.45) is 0 Å². The third-order valence-electron chi connectivity index (χ3n) is 4.43. The minimum atomic E-state index is -0.240. The van der Waals surface area contributed by atoms with Gasteiger partial charge in [-0.15, -0.1) is 0 Å². The van der Waals surface area contributed by atoms with Crippen LogP contribution in [0.3, 0.4) is 0 Å². The van der Waals surface area contributed by atoms with E-state index in [4.69, 9.17) is 4.74 Å². The highest BCUT2D eigenvalue weighted by molar-refractivity contribution is 6.06. The lowest BCUT2D eigenvalue weighted by Gasteiger charge is -2.18. The number of amides is 2. The van der Waals surface area contributed by atoms with Crippen molar-refractivity contribution in [1.29, 1.82) is 0 Å². The van der Waals surface area contributed by atoms with Crippen molar-refractivity contribution in [1.82, 2.24) is 4.98 Å². The Hall–Kier alpha value is -3.28. The average Bonchev–Trinajstić information content (AvgIpc) is 3.04. The van der Waals surface area contributed by atoms with Gasteiger partial charge in [0.15, 0.2) is 6.61 Å². The van der Waals surface area contributed by atoms with Gasteiger partial charge in [-0.25, -0.2) is 0 Å². The first-order valence-electron chi connectivity index (χ1n) is 8.50. The highest BCUT2D eigenvalue weighted by Crippen LogP contribution is 2.30. The van der Waals surface area contributed by atoms with Crippen molar-refractivity contribution in [3.8, 4) is 5.75 Å². The van der Waals surface area contributed by atoms with Crippen molar-refractivity contribution in [2.75, 3.05) is 17.2 Å². The lowest BCUT2D eigenvalue weighted by molar-refractivity contribution is -0.118. The van der Waals surface area contributed by atoms with Gasteiger partial charge in [-0.3, -0.25) is 9.59 Å². The molecule has 1 aromatic heterocycles. The summed E-state index contributed by atoms with van der Waals surface area (Å²) in [5.74, 6) is 0.565. The number of H-pyrrole nitrogens is 1. The number of carbonyl (C=O) groups is 2. The van der Waals surface area contributed by atoms with Crippen LogP contribution >= 0.6 is 0 Å². The summed E-state index contributed by atoms with van der Waals surface area (Å²) in [5, 5.41) is 6.56. The van der Waals surface area contributed by atoms with Gasteiger partial charge >= 0.3 is 0 Å². The van der Waals surface area contributed by atoms with Crippen molar-refractivity contribution >= 4 is 34.1 Å². The Labute approximate surface area is 150 Å². The second-order valence-corrected chi connectivity index (χ2v) is 6.69. The lowest BCUT2D eigenvalue weighted by Crippen LogP contribution is -2.25. The van der Waals surface area contributed by atoms with Crippen LogP contribution in [0.2, 0.25) is 0 Å². The Balaban J connectivity index is 1.57. The summed E-state index contributed by atoms with van der Waals surface area (Å²) in [6.07, 6.45) is 0. The molecule has 1 aliphatic rings. The summed E-state index contributed by atoms with van der Waals surface area (Å²) in [6.45, 7) is 4.28. The van der Waals surface area contributed by atoms with Gasteiger partial charge < -0.3 is 20.4 Å². The predicted molar refractivity (Wildman–Crippen MR) is 101 cm³/mol. The van der Waals surface area contributed by atoms with Gasteiger partial charge in [0.1, 0.15) is 11.4 Å². The zero-order chi connectivity index (χ0) is 18.3. The Bertz CT molecular complexity index is 1020. The molecule has 0 saturated heterocycles. The zero-order valence-electron chi connectivity index (χ0n) is 14.6. The van der Waals surface area contributed by atoms with Crippen LogP contribution in [0.15, 0.2) is 42.5 Å². The molecule has 3 aromatic rings. The summed E-state index contributed by atoms with van der Waals surface area (Å²) in [4.78, 5) is 27.2. The van der Waals surface area contributed by atoms with E-state index in [1.165, 1.54) is 5.56 Å². The predicted octanol–water partition coefficient (Wildman–Crippen LogP) is 3.87. The molecule has 2 aromatic carbocycles. The molecule has 0 spiro atoms. The lowest BCUT2D eigenvalue weighted by atomic mass is 10.0. The number of anilines is 2. The summed E-state index contributed by atoms with van der Waals surface area (Å²) < 4.78 is 5.32. The van der Waals surface area contributed by atoms with Crippen molar-refractivity contribution in [2.45, 2.75) is 19.8 Å². The van der Waals surface area contributed by atoms with E-state index < -0.39 is 0 Å². The summed E-state index contributed by atoms with van der Waals surface area (Å²) in [6, 6.07) is 13.2. The molecule has 0 aliphatic carbocycles. The van der Waals surface area contributed by atoms with E-state index in [-0.39, 0.29) is 18.4 Å². The van der Waals surface area contributed by atoms with Crippen LogP contribution in [-0.2, 0) is 4.79 Å². The molecule has 6 nitrogen and oxygen atoms in total. The summed E-state index contributed by atoms with van der Waals surface area (Å²) in [7, 11) is 0. The SMILES string of the molecule is CC(C)c1ccc2cc(C(=O)Nc3ccc4c(c3)NC(=O)CO4)[nH]c2c1. The number of hydrogen-bond acceptors (Lipinski definition) is 3. The number of carbonyl (C=O) groups excluding carboxylic acids is 2. The summed E-state index contributed by atoms with van der Waals surface area (Å²) in [5.41, 5.74) is 3.78. The Morgan fingerprint density at radius 1 is 1.15 bits per heavy atom. The minimum Gasteiger partial charge on any atom is -0.482 e. The first-order chi connectivity index (χ1) is 12.5. The molecule has 4 rings (SSSR count). The zero-order valence-corrected chi connectivity index (χ0v) is 14.6. The molecule has 0 radical (unpaired) electrons. The minimum absolute atomic E-state index is 0.00609. The quantitative estimate of drug-likeness (QED) is 0.671. The third-order valence-corrected chi connectivity index (χ3v) is 4.43. The standard InChI is InChI=1S/C20H19N3O3/c1-11(2)12-3-4-13-8-17(22-15(13)7-12)20(25)21-14-5-6-18-16(9-14)23-19(24)10-26-18/h3-9,11,22H,10H2,1-2H3,(H,21,25)(H,23,24). The highest BCUT2D eigenvalue weighted by Gasteiger charge is 2.17. The van der Waals surface area contributed by atoms with Gasteiger partial charge in [0.25, 0.3) is 11.8 Å². The van der Waals surface area contributed by atoms with Gasteiger partial charge in [0, 0.05) is 16.6 Å². The van der Waals surface area contributed by atoms with Gasteiger partial charge in [-0.2, -0.15) is 0 Å². The van der Waals surface area contributed by atoms with E-state index in [1.807, 2.05) is 12.1 Å². The van der Waals surface area contributed by atoms with Gasteiger partial charge in [0.2, 0.25) is 0 Å². The first kappa shape index (κ1) is 16.2. The van der Waals surface area contributed by atoms with Crippen LogP contribution in [0, 0.1) is 0 Å². The summed E-state index contributed by atoms with van der Waals surface area (Å²) >= 11 is 0. The fourth-order valence-corrected chi connectivity index (χ4v) is 2.99. The number of ether oxygens (including phenoxy) is 1. The maximum Gasteiger partial charge on any atom is 0.272 e. The molecule has 132 valence electrons. The molecule has 26 heavy (non-hydrogen) atoms. The van der Waals surface area contributed by atoms with E-state index in [2.05, 4.69) is 41.6 Å². The van der Waals surface area contributed by atoms with E-state index in [0.29, 0.717) is 28.7 Å². The van der Waals surface area contributed by atoms with Crippen molar-refractivity contribution in [3.63, 3.8) is 0 Å². The molecule has 3 N–H and O–H groups in total. The fourth-order valence-electron chi connectivity index (χ4n) is 2.99. The molecule has 0 atom stereocenters. The first-order valence-corrected chi connectivity index (χ1v) is 8.50. The molecule has 2 heterocycles. The normalized spacial score (nSPS) is 13.3. The molecular weight excluding hydrogens is 330 g/mol. The van der Waals surface area contributed by atoms with Gasteiger partial charge in [0.05, 0.1) is 5.69 Å². The number of benzene rings is 2. The number of fused-ring (bicyclic) bond motifs is 2. The topological polar surface area (TPSA) is 83.2 Å². The Kier molecular flexibility index (Phi) is 3.88. The van der Waals surface area contributed by atoms with E-state index >= 15 is 0 Å². The number of aromatic amines is 1. The largest absolute Gasteiger partial charge is 0.482 e. The molecule has 0 unspecified atom stereocenters. The smallest absolute Gasteiger partial charge is 0.272 e. The average molecular weight is 349 g/mol. The molecular formula is C20H19N3O3. The third kappa shape index (κ3) is 3.01. The highest BCUT2D eigenvalue weighted by atomic mass is 16.5. The molecule has 0 saturated carbocycles. The maximum absolute atomic E-state index is 12.6. The van der Waals surface area contributed by atoms with E-state index in [1.54, 1.807) is 18.2 Å². The molecule has 6 heteroatoms. The number of nitrogens with one attached hydrogen (secondary N) is 3. The van der Waals surface area contributed by atoms with Crippen LogP contribution in [0.4, 0.5) is 11.4 Å². The van der Waals surface area contributed by atoms with Crippen LogP contribution in [-0.4, -0.2) is 23.4 Å². The van der Waals surface area contributed by atoms with Crippen LogP contribution in [0.5, 0.6) is 5.75 Å². The van der Waals surface area contributed by atoms with Crippen molar-refractivity contribution < 1.29 is 14.3 Å². The molecule has 1 aliphatic heterocycles. The molecule has 2 amide bonds. The Morgan fingerprint density at radius 3 is 2.81 bits per heavy atom. The Morgan fingerprint density at radius 2 is 2.00 bits per heavy atom. The van der Waals surface area contributed by atoms with Crippen LogP contribution < -0.4 is 15.4 Å². The molecule has 0 bridgehead atoms. The van der Waals surface area contributed by atoms with Crippen LogP contribution in [0.1, 0.15) is 35.8 Å². The monoisotopic (exact) mass is 349 g/mol. The van der Waals surface area contributed by atoms with Gasteiger partial charge in [-0.1, -0.05) is 26.0 Å².